The number of fused-ring (bicyclic) bond motifs is 2. The average Bonchev–Trinajstić information content (AvgIpc) is 3.05. The molecule has 3 aromatic rings. The van der Waals surface area contributed by atoms with Crippen molar-refractivity contribution in [2.45, 2.75) is 44.0 Å². The third-order valence-electron chi connectivity index (χ3n) is 9.69. The summed E-state index contributed by atoms with van der Waals surface area (Å²) in [6.07, 6.45) is 3.96. The van der Waals surface area contributed by atoms with E-state index in [2.05, 4.69) is 82.7 Å². The molecule has 0 spiro atoms. The van der Waals surface area contributed by atoms with Gasteiger partial charge in [0.05, 0.1) is 12.2 Å². The lowest BCUT2D eigenvalue weighted by Crippen LogP contribution is -2.57. The van der Waals surface area contributed by atoms with Crippen molar-refractivity contribution in [3.8, 4) is 6.01 Å². The summed E-state index contributed by atoms with van der Waals surface area (Å²) in [5, 5.41) is 2.44. The third-order valence-corrected chi connectivity index (χ3v) is 9.69. The molecule has 2 fully saturated rings. The van der Waals surface area contributed by atoms with Gasteiger partial charge >= 0.3 is 6.01 Å². The molecule has 45 heavy (non-hydrogen) atoms. The Hall–Kier alpha value is -4.20. The Labute approximate surface area is 266 Å². The van der Waals surface area contributed by atoms with E-state index in [1.807, 2.05) is 0 Å². The summed E-state index contributed by atoms with van der Waals surface area (Å²) in [6.45, 7) is 15.3. The fourth-order valence-corrected chi connectivity index (χ4v) is 7.25. The van der Waals surface area contributed by atoms with E-state index in [-0.39, 0.29) is 24.6 Å². The number of nitrogens with zero attached hydrogens (tertiary/aromatic N) is 7. The number of amides is 1. The quantitative estimate of drug-likeness (QED) is 0.252. The molecule has 1 saturated heterocycles. The SMILES string of the molecule is [C-]#[N+]C[C@H]1CN(c2nc(OC3CC(N(C)C)C3CCOC)nc3c2CCN(c2cccc4ccccc24)C3)CCN1C(=O)C=C. The maximum atomic E-state index is 12.6. The van der Waals surface area contributed by atoms with Gasteiger partial charge in [-0.2, -0.15) is 9.97 Å². The van der Waals surface area contributed by atoms with Crippen LogP contribution >= 0.6 is 0 Å². The largest absolute Gasteiger partial charge is 0.460 e. The number of methoxy groups -OCH3 is 1. The molecule has 0 bridgehead atoms. The molecular weight excluding hydrogens is 566 g/mol. The van der Waals surface area contributed by atoms with Gasteiger partial charge < -0.3 is 33.9 Å². The van der Waals surface area contributed by atoms with Gasteiger partial charge in [0, 0.05) is 74.9 Å². The zero-order valence-electron chi connectivity index (χ0n) is 26.6. The first-order chi connectivity index (χ1) is 21.9. The van der Waals surface area contributed by atoms with E-state index in [4.69, 9.17) is 26.0 Å². The highest BCUT2D eigenvalue weighted by atomic mass is 16.5. The minimum atomic E-state index is -0.238. The maximum Gasteiger partial charge on any atom is 0.318 e. The molecular formula is C35H43N7O3. The summed E-state index contributed by atoms with van der Waals surface area (Å²) in [5.74, 6) is 1.06. The Bertz CT molecular complexity index is 1580. The maximum absolute atomic E-state index is 12.6. The molecule has 3 heterocycles. The number of aromatic nitrogens is 2. The van der Waals surface area contributed by atoms with Crippen molar-refractivity contribution in [3.05, 3.63) is 77.8 Å². The molecule has 1 saturated carbocycles. The number of benzene rings is 2. The van der Waals surface area contributed by atoms with Crippen LogP contribution in [-0.4, -0.2) is 104 Å². The minimum Gasteiger partial charge on any atom is -0.460 e. The van der Waals surface area contributed by atoms with Gasteiger partial charge in [-0.3, -0.25) is 4.79 Å². The van der Waals surface area contributed by atoms with Crippen molar-refractivity contribution >= 4 is 28.2 Å². The van der Waals surface area contributed by atoms with Crippen LogP contribution in [-0.2, 0) is 22.5 Å². The predicted octanol–water partition coefficient (Wildman–Crippen LogP) is 4.05. The first-order valence-electron chi connectivity index (χ1n) is 15.9. The Morgan fingerprint density at radius 1 is 1.13 bits per heavy atom. The Balaban J connectivity index is 1.34. The summed E-state index contributed by atoms with van der Waals surface area (Å²) in [6, 6.07) is 15.5. The van der Waals surface area contributed by atoms with Crippen molar-refractivity contribution in [2.24, 2.45) is 5.92 Å². The number of ether oxygens (including phenoxy) is 2. The summed E-state index contributed by atoms with van der Waals surface area (Å²) in [4.78, 5) is 35.1. The molecule has 3 unspecified atom stereocenters. The topological polar surface area (TPSA) is 78.6 Å². The van der Waals surface area contributed by atoms with E-state index in [1.165, 1.54) is 22.5 Å². The van der Waals surface area contributed by atoms with E-state index in [1.54, 1.807) is 12.0 Å². The van der Waals surface area contributed by atoms with Gasteiger partial charge in [0.15, 0.2) is 0 Å². The molecule has 2 aliphatic heterocycles. The van der Waals surface area contributed by atoms with Crippen LogP contribution in [0, 0.1) is 12.5 Å². The van der Waals surface area contributed by atoms with Crippen LogP contribution in [0.2, 0.25) is 0 Å². The van der Waals surface area contributed by atoms with Gasteiger partial charge in [-0.05, 0) is 44.5 Å². The smallest absolute Gasteiger partial charge is 0.318 e. The van der Waals surface area contributed by atoms with Gasteiger partial charge in [-0.1, -0.05) is 43.0 Å². The second-order valence-corrected chi connectivity index (χ2v) is 12.5. The number of hydrogen-bond donors (Lipinski definition) is 0. The summed E-state index contributed by atoms with van der Waals surface area (Å²) in [5.41, 5.74) is 3.29. The molecule has 10 nitrogen and oxygen atoms in total. The number of piperazine rings is 1. The summed E-state index contributed by atoms with van der Waals surface area (Å²) >= 11 is 0. The van der Waals surface area contributed by atoms with Gasteiger partial charge in [0.25, 0.3) is 0 Å². The van der Waals surface area contributed by atoms with Gasteiger partial charge in [0.1, 0.15) is 18.0 Å². The molecule has 10 heteroatoms. The molecule has 0 radical (unpaired) electrons. The van der Waals surface area contributed by atoms with Crippen molar-refractivity contribution in [1.29, 1.82) is 0 Å². The van der Waals surface area contributed by atoms with Crippen LogP contribution in [0.5, 0.6) is 6.01 Å². The predicted molar refractivity (Wildman–Crippen MR) is 177 cm³/mol. The lowest BCUT2D eigenvalue weighted by Gasteiger charge is -2.47. The van der Waals surface area contributed by atoms with E-state index in [9.17, 15) is 4.79 Å². The highest BCUT2D eigenvalue weighted by Gasteiger charge is 2.44. The van der Waals surface area contributed by atoms with Crippen molar-refractivity contribution in [1.82, 2.24) is 19.8 Å². The summed E-state index contributed by atoms with van der Waals surface area (Å²) < 4.78 is 12.0. The molecule has 236 valence electrons. The Morgan fingerprint density at radius 3 is 2.73 bits per heavy atom. The van der Waals surface area contributed by atoms with Crippen molar-refractivity contribution in [2.75, 3.05) is 70.3 Å². The highest BCUT2D eigenvalue weighted by molar-refractivity contribution is 5.94. The molecule has 3 aliphatic rings. The van der Waals surface area contributed by atoms with Crippen LogP contribution in [0.4, 0.5) is 11.5 Å². The number of anilines is 2. The molecule has 0 N–H and O–H groups in total. The number of rotatable bonds is 10. The molecule has 1 aromatic heterocycles. The number of carbonyl (C=O) groups is 1. The lowest BCUT2D eigenvalue weighted by molar-refractivity contribution is -0.128. The first kappa shape index (κ1) is 30.8. The molecule has 1 aliphatic carbocycles. The Morgan fingerprint density at radius 2 is 1.96 bits per heavy atom. The molecule has 6 rings (SSSR count). The highest BCUT2D eigenvalue weighted by Crippen LogP contribution is 2.39. The van der Waals surface area contributed by atoms with E-state index >= 15 is 0 Å². The Kier molecular flexibility index (Phi) is 9.19. The standard InChI is InChI=1S/C35H43N7O3/c1-6-33(43)42-18-17-41(22-25(42)21-36-2)34-27-14-16-40(30-13-9-11-24-10-7-8-12-26(24)30)23-29(27)37-35(38-34)45-32-20-31(39(3)4)28(32)15-19-44-5/h6-13,25,28,31-32H,1,14-23H2,3-5H3/t25-,28?,31?,32?/m0/s1. The molecule has 2 aromatic carbocycles. The van der Waals surface area contributed by atoms with Gasteiger partial charge in [-0.15, -0.1) is 0 Å². The average molecular weight is 610 g/mol. The lowest BCUT2D eigenvalue weighted by atomic mass is 9.74. The van der Waals surface area contributed by atoms with Crippen LogP contribution in [0.1, 0.15) is 24.1 Å². The molecule has 4 atom stereocenters. The van der Waals surface area contributed by atoms with Crippen LogP contribution in [0.15, 0.2) is 55.1 Å². The normalized spacial score (nSPS) is 23.0. The zero-order chi connectivity index (χ0) is 31.5. The molecule has 1 amide bonds. The third kappa shape index (κ3) is 6.20. The van der Waals surface area contributed by atoms with E-state index in [0.717, 1.165) is 42.9 Å². The van der Waals surface area contributed by atoms with Gasteiger partial charge in [-0.25, -0.2) is 6.57 Å². The zero-order valence-corrected chi connectivity index (χ0v) is 26.6. The monoisotopic (exact) mass is 609 g/mol. The number of carbonyl (C=O) groups excluding carboxylic acids is 1. The fraction of sp³-hybridized carbons (Fsp3) is 0.486. The minimum absolute atomic E-state index is 0.00753. The van der Waals surface area contributed by atoms with E-state index in [0.29, 0.717) is 50.8 Å². The van der Waals surface area contributed by atoms with Crippen molar-refractivity contribution < 1.29 is 14.3 Å². The second kappa shape index (κ2) is 13.4. The second-order valence-electron chi connectivity index (χ2n) is 12.5. The van der Waals surface area contributed by atoms with Crippen LogP contribution in [0.3, 0.4) is 0 Å². The van der Waals surface area contributed by atoms with Crippen LogP contribution in [0.25, 0.3) is 15.6 Å². The summed E-state index contributed by atoms with van der Waals surface area (Å²) in [7, 11) is 5.97. The van der Waals surface area contributed by atoms with Crippen molar-refractivity contribution in [3.63, 3.8) is 0 Å². The number of hydrogen-bond acceptors (Lipinski definition) is 8. The van der Waals surface area contributed by atoms with Crippen LogP contribution < -0.4 is 14.5 Å². The fourth-order valence-electron chi connectivity index (χ4n) is 7.25. The first-order valence-corrected chi connectivity index (χ1v) is 15.9. The van der Waals surface area contributed by atoms with E-state index < -0.39 is 0 Å². The van der Waals surface area contributed by atoms with Gasteiger partial charge in [0.2, 0.25) is 12.5 Å².